The van der Waals surface area contributed by atoms with Crippen LogP contribution in [0.3, 0.4) is 0 Å². The molecule has 0 aliphatic heterocycles. The fourth-order valence-electron chi connectivity index (χ4n) is 2.49. The smallest absolute Gasteiger partial charge is 0.384 e. The van der Waals surface area contributed by atoms with Gasteiger partial charge in [-0.25, -0.2) is 0 Å². The SMILES string of the molecule is N#Cc1c(N)[nH]c(=O)c(C#N)c1-c1ccc(C(F)(F)F)c(C(F)(F)C(F)(F)F)c1. The highest BCUT2D eigenvalue weighted by Gasteiger charge is 2.61. The number of nitrogens with zero attached hydrogens (tertiary/aromatic N) is 2. The molecule has 13 heteroatoms. The van der Waals surface area contributed by atoms with Crippen molar-refractivity contribution in [3.8, 4) is 23.3 Å². The Morgan fingerprint density at radius 1 is 0.897 bits per heavy atom. The van der Waals surface area contributed by atoms with E-state index in [4.69, 9.17) is 16.3 Å². The van der Waals surface area contributed by atoms with E-state index in [0.717, 1.165) is 0 Å². The number of aromatic amines is 1. The molecule has 0 spiro atoms. The van der Waals surface area contributed by atoms with E-state index in [0.29, 0.717) is 6.07 Å². The molecule has 0 saturated heterocycles. The second-order valence-electron chi connectivity index (χ2n) is 5.55. The number of alkyl halides is 8. The molecule has 0 fully saturated rings. The molecule has 0 atom stereocenters. The fourth-order valence-corrected chi connectivity index (χ4v) is 2.49. The van der Waals surface area contributed by atoms with Crippen molar-refractivity contribution in [2.45, 2.75) is 18.3 Å². The number of anilines is 1. The maximum Gasteiger partial charge on any atom is 0.458 e. The van der Waals surface area contributed by atoms with Gasteiger partial charge in [0, 0.05) is 11.1 Å². The Labute approximate surface area is 155 Å². The number of hydrogen-bond acceptors (Lipinski definition) is 4. The normalized spacial score (nSPS) is 12.3. The summed E-state index contributed by atoms with van der Waals surface area (Å²) in [5.41, 5.74) is -3.77. The lowest BCUT2D eigenvalue weighted by atomic mass is 9.91. The molecule has 2 aromatic rings. The summed E-state index contributed by atoms with van der Waals surface area (Å²) in [6.07, 6.45) is -12.0. The average molecular weight is 422 g/mol. The molecule has 2 rings (SSSR count). The molecule has 0 aliphatic rings. The Balaban J connectivity index is 3.01. The van der Waals surface area contributed by atoms with Crippen LogP contribution >= 0.6 is 0 Å². The molecule has 152 valence electrons. The zero-order valence-corrected chi connectivity index (χ0v) is 13.6. The summed E-state index contributed by atoms with van der Waals surface area (Å²) >= 11 is 0. The van der Waals surface area contributed by atoms with Crippen LogP contribution in [0.4, 0.5) is 40.9 Å². The van der Waals surface area contributed by atoms with Crippen molar-refractivity contribution in [3.63, 3.8) is 0 Å². The van der Waals surface area contributed by atoms with Gasteiger partial charge >= 0.3 is 18.3 Å². The van der Waals surface area contributed by atoms with Crippen molar-refractivity contribution in [1.82, 2.24) is 4.98 Å². The third kappa shape index (κ3) is 3.59. The van der Waals surface area contributed by atoms with E-state index in [1.807, 2.05) is 4.98 Å². The predicted octanol–water partition coefficient (Wildman–Crippen LogP) is 4.04. The molecule has 3 N–H and O–H groups in total. The van der Waals surface area contributed by atoms with Crippen molar-refractivity contribution in [2.24, 2.45) is 0 Å². The van der Waals surface area contributed by atoms with Crippen LogP contribution in [0.25, 0.3) is 11.1 Å². The third-order valence-electron chi connectivity index (χ3n) is 3.78. The second-order valence-corrected chi connectivity index (χ2v) is 5.55. The van der Waals surface area contributed by atoms with Gasteiger partial charge in [0.1, 0.15) is 29.1 Å². The molecule has 0 saturated carbocycles. The van der Waals surface area contributed by atoms with E-state index in [9.17, 15) is 39.9 Å². The van der Waals surface area contributed by atoms with Crippen LogP contribution in [0.5, 0.6) is 0 Å². The number of nitrogens with two attached hydrogens (primary N) is 1. The van der Waals surface area contributed by atoms with E-state index in [-0.39, 0.29) is 12.1 Å². The lowest BCUT2D eigenvalue weighted by molar-refractivity contribution is -0.291. The van der Waals surface area contributed by atoms with Crippen LogP contribution in [0.2, 0.25) is 0 Å². The van der Waals surface area contributed by atoms with Gasteiger partial charge in [-0.2, -0.15) is 45.6 Å². The van der Waals surface area contributed by atoms with Crippen LogP contribution in [-0.4, -0.2) is 11.2 Å². The van der Waals surface area contributed by atoms with Gasteiger partial charge in [-0.3, -0.25) is 4.79 Å². The van der Waals surface area contributed by atoms with Crippen LogP contribution in [0.1, 0.15) is 22.3 Å². The summed E-state index contributed by atoms with van der Waals surface area (Å²) in [5.74, 6) is -6.59. The topological polar surface area (TPSA) is 106 Å². The largest absolute Gasteiger partial charge is 0.458 e. The quantitative estimate of drug-likeness (QED) is 0.713. The number of hydrogen-bond donors (Lipinski definition) is 2. The molecular formula is C16H6F8N4O. The summed E-state index contributed by atoms with van der Waals surface area (Å²) in [4.78, 5) is 13.7. The monoisotopic (exact) mass is 422 g/mol. The Kier molecular flexibility index (Phi) is 5.06. The van der Waals surface area contributed by atoms with E-state index in [2.05, 4.69) is 0 Å². The van der Waals surface area contributed by atoms with Gasteiger partial charge in [0.15, 0.2) is 0 Å². The summed E-state index contributed by atoms with van der Waals surface area (Å²) in [6.45, 7) is 0. The summed E-state index contributed by atoms with van der Waals surface area (Å²) in [7, 11) is 0. The maximum absolute atomic E-state index is 13.8. The molecule has 0 unspecified atom stereocenters. The van der Waals surface area contributed by atoms with E-state index in [1.54, 1.807) is 0 Å². The van der Waals surface area contributed by atoms with Gasteiger partial charge in [0.2, 0.25) is 0 Å². The number of H-pyrrole nitrogens is 1. The number of nitriles is 2. The lowest BCUT2D eigenvalue weighted by Gasteiger charge is -2.24. The van der Waals surface area contributed by atoms with E-state index < -0.39 is 63.0 Å². The van der Waals surface area contributed by atoms with Gasteiger partial charge in [-0.15, -0.1) is 0 Å². The molecule has 5 nitrogen and oxygen atoms in total. The standard InChI is InChI=1S/C16H6F8N4O/c17-14(18,16(22,23)24)10-3-6(1-2-9(10)15(19,20)21)11-7(4-25)12(27)28-13(29)8(11)5-26/h1-3H,(H3,27,28,29). The Morgan fingerprint density at radius 3 is 1.90 bits per heavy atom. The summed E-state index contributed by atoms with van der Waals surface area (Å²) in [5, 5.41) is 18.2. The highest BCUT2D eigenvalue weighted by Crippen LogP contribution is 2.49. The minimum atomic E-state index is -6.38. The molecule has 0 bridgehead atoms. The van der Waals surface area contributed by atoms with Crippen molar-refractivity contribution in [3.05, 3.63) is 50.8 Å². The van der Waals surface area contributed by atoms with Crippen LogP contribution in [0, 0.1) is 22.7 Å². The first kappa shape index (κ1) is 21.7. The number of pyridine rings is 1. The second kappa shape index (κ2) is 6.77. The maximum atomic E-state index is 13.8. The number of rotatable bonds is 2. The minimum absolute atomic E-state index is 0.0655. The van der Waals surface area contributed by atoms with Crippen molar-refractivity contribution in [1.29, 1.82) is 10.5 Å². The lowest BCUT2D eigenvalue weighted by Crippen LogP contribution is -2.35. The molecule has 29 heavy (non-hydrogen) atoms. The van der Waals surface area contributed by atoms with Gasteiger partial charge in [-0.1, -0.05) is 6.07 Å². The number of nitrogens with one attached hydrogen (secondary N) is 1. The number of halogens is 8. The highest BCUT2D eigenvalue weighted by molar-refractivity contribution is 5.80. The zero-order chi connectivity index (χ0) is 22.4. The molecule has 0 radical (unpaired) electrons. The average Bonchev–Trinajstić information content (AvgIpc) is 2.58. The van der Waals surface area contributed by atoms with Gasteiger partial charge in [-0.05, 0) is 17.7 Å². The Morgan fingerprint density at radius 2 is 1.45 bits per heavy atom. The minimum Gasteiger partial charge on any atom is -0.384 e. The van der Waals surface area contributed by atoms with Crippen molar-refractivity contribution < 1.29 is 35.1 Å². The molecular weight excluding hydrogens is 416 g/mol. The summed E-state index contributed by atoms with van der Waals surface area (Å²) < 4.78 is 105. The number of nitrogen functional groups attached to an aromatic ring is 1. The predicted molar refractivity (Wildman–Crippen MR) is 81.3 cm³/mol. The van der Waals surface area contributed by atoms with E-state index in [1.165, 1.54) is 12.1 Å². The molecule has 1 aromatic heterocycles. The Hall–Kier alpha value is -3.61. The molecule has 0 amide bonds. The zero-order valence-electron chi connectivity index (χ0n) is 13.6. The first-order valence-electron chi connectivity index (χ1n) is 7.19. The molecule has 1 heterocycles. The third-order valence-corrected chi connectivity index (χ3v) is 3.78. The van der Waals surface area contributed by atoms with Gasteiger partial charge in [0.05, 0.1) is 5.56 Å². The van der Waals surface area contributed by atoms with Gasteiger partial charge in [0.25, 0.3) is 5.56 Å². The first-order chi connectivity index (χ1) is 13.2. The number of aromatic nitrogens is 1. The summed E-state index contributed by atoms with van der Waals surface area (Å²) in [6, 6.07) is 2.95. The van der Waals surface area contributed by atoms with Crippen molar-refractivity contribution >= 4 is 5.82 Å². The number of benzene rings is 1. The van der Waals surface area contributed by atoms with Crippen LogP contribution < -0.4 is 11.3 Å². The van der Waals surface area contributed by atoms with Crippen molar-refractivity contribution in [2.75, 3.05) is 5.73 Å². The highest BCUT2D eigenvalue weighted by atomic mass is 19.4. The first-order valence-corrected chi connectivity index (χ1v) is 7.19. The van der Waals surface area contributed by atoms with E-state index >= 15 is 0 Å². The van der Waals surface area contributed by atoms with Crippen LogP contribution in [0.15, 0.2) is 23.0 Å². The van der Waals surface area contributed by atoms with Gasteiger partial charge < -0.3 is 10.7 Å². The van der Waals surface area contributed by atoms with Crippen LogP contribution in [-0.2, 0) is 12.1 Å². The fraction of sp³-hybridized carbons (Fsp3) is 0.188. The molecule has 1 aromatic carbocycles. The Bertz CT molecular complexity index is 1120. The molecule has 0 aliphatic carbocycles.